The topological polar surface area (TPSA) is 60.7 Å². The number of hydrogen-bond acceptors (Lipinski definition) is 3. The maximum atomic E-state index is 11.6. The predicted octanol–water partition coefficient (Wildman–Crippen LogP) is 5.55. The zero-order valence-corrected chi connectivity index (χ0v) is 20.2. The minimum atomic E-state index is -1.11. The third kappa shape index (κ3) is 3.24. The fourth-order valence-electron chi connectivity index (χ4n) is 9.35. The molecule has 0 amide bonds. The molecule has 4 aliphatic carbocycles. The standard InChI is InChI=1S/C27H48O3/c1-17(2)8-6-9-18(3)20-11-12-21-19-16-24(29)27(30)14-7-10-23(28)26(27,5)22(19)13-15-25(20,21)4/h17-24,28-30H,6-16H2,1-5H3/t18-,19+,20-,21+,22+,23?,24-,25-,26+,27+/m1/s1. The summed E-state index contributed by atoms with van der Waals surface area (Å²) in [5, 5.41) is 33.9. The molecule has 0 aromatic rings. The van der Waals surface area contributed by atoms with Gasteiger partial charge in [0.15, 0.2) is 0 Å². The van der Waals surface area contributed by atoms with Crippen LogP contribution < -0.4 is 0 Å². The number of fused-ring (bicyclic) bond motifs is 5. The highest BCUT2D eigenvalue weighted by atomic mass is 16.3. The third-order valence-corrected chi connectivity index (χ3v) is 11.1. The van der Waals surface area contributed by atoms with E-state index in [1.807, 2.05) is 0 Å². The molecular formula is C27H48O3. The first kappa shape index (κ1) is 23.1. The number of hydrogen-bond donors (Lipinski definition) is 3. The van der Waals surface area contributed by atoms with E-state index in [1.165, 1.54) is 38.5 Å². The van der Waals surface area contributed by atoms with Crippen molar-refractivity contribution in [2.75, 3.05) is 0 Å². The van der Waals surface area contributed by atoms with Crippen LogP contribution in [0.4, 0.5) is 0 Å². The van der Waals surface area contributed by atoms with Crippen LogP contribution >= 0.6 is 0 Å². The lowest BCUT2D eigenvalue weighted by Crippen LogP contribution is -2.71. The van der Waals surface area contributed by atoms with E-state index in [2.05, 4.69) is 34.6 Å². The van der Waals surface area contributed by atoms with Gasteiger partial charge in [-0.1, -0.05) is 53.9 Å². The maximum absolute atomic E-state index is 11.6. The predicted molar refractivity (Wildman–Crippen MR) is 122 cm³/mol. The van der Waals surface area contributed by atoms with E-state index in [-0.39, 0.29) is 0 Å². The van der Waals surface area contributed by atoms with E-state index >= 15 is 0 Å². The van der Waals surface area contributed by atoms with Crippen LogP contribution in [0.25, 0.3) is 0 Å². The summed E-state index contributed by atoms with van der Waals surface area (Å²) in [4.78, 5) is 0. The molecule has 10 atom stereocenters. The molecule has 3 nitrogen and oxygen atoms in total. The number of aliphatic hydroxyl groups excluding tert-OH is 2. The molecule has 30 heavy (non-hydrogen) atoms. The van der Waals surface area contributed by atoms with Crippen molar-refractivity contribution in [1.82, 2.24) is 0 Å². The van der Waals surface area contributed by atoms with Gasteiger partial charge in [-0.3, -0.25) is 0 Å². The normalized spacial score (nSPS) is 51.9. The minimum Gasteiger partial charge on any atom is -0.392 e. The van der Waals surface area contributed by atoms with Crippen molar-refractivity contribution in [3.8, 4) is 0 Å². The third-order valence-electron chi connectivity index (χ3n) is 11.1. The largest absolute Gasteiger partial charge is 0.392 e. The summed E-state index contributed by atoms with van der Waals surface area (Å²) in [6, 6.07) is 0. The Morgan fingerprint density at radius 2 is 1.60 bits per heavy atom. The van der Waals surface area contributed by atoms with Gasteiger partial charge in [0, 0.05) is 5.41 Å². The monoisotopic (exact) mass is 420 g/mol. The molecule has 3 N–H and O–H groups in total. The molecule has 4 saturated carbocycles. The molecule has 0 aliphatic heterocycles. The zero-order chi connectivity index (χ0) is 21.9. The molecule has 0 saturated heterocycles. The van der Waals surface area contributed by atoms with Crippen molar-refractivity contribution < 1.29 is 15.3 Å². The average molecular weight is 421 g/mol. The van der Waals surface area contributed by atoms with Crippen molar-refractivity contribution >= 4 is 0 Å². The number of rotatable bonds is 5. The molecule has 0 aromatic heterocycles. The van der Waals surface area contributed by atoms with Gasteiger partial charge in [0.25, 0.3) is 0 Å². The van der Waals surface area contributed by atoms with Crippen LogP contribution in [0.3, 0.4) is 0 Å². The van der Waals surface area contributed by atoms with Crippen LogP contribution in [0.15, 0.2) is 0 Å². The Balaban J connectivity index is 1.55. The Labute approximate surface area is 185 Å². The van der Waals surface area contributed by atoms with E-state index < -0.39 is 23.2 Å². The zero-order valence-electron chi connectivity index (χ0n) is 20.2. The van der Waals surface area contributed by atoms with Crippen LogP contribution in [-0.2, 0) is 0 Å². The van der Waals surface area contributed by atoms with E-state index in [9.17, 15) is 15.3 Å². The molecule has 0 aromatic carbocycles. The Kier molecular flexibility index (Phi) is 6.17. The van der Waals surface area contributed by atoms with Gasteiger partial charge in [-0.05, 0) is 92.3 Å². The van der Waals surface area contributed by atoms with Crippen LogP contribution in [0.1, 0.15) is 105 Å². The van der Waals surface area contributed by atoms with Gasteiger partial charge in [-0.2, -0.15) is 0 Å². The highest BCUT2D eigenvalue weighted by molar-refractivity contribution is 5.18. The Morgan fingerprint density at radius 1 is 0.867 bits per heavy atom. The van der Waals surface area contributed by atoms with Crippen LogP contribution in [0.2, 0.25) is 0 Å². The molecule has 3 heteroatoms. The van der Waals surface area contributed by atoms with Gasteiger partial charge in [0.1, 0.15) is 0 Å². The number of aliphatic hydroxyl groups is 3. The smallest absolute Gasteiger partial charge is 0.0986 e. The van der Waals surface area contributed by atoms with Crippen molar-refractivity contribution in [1.29, 1.82) is 0 Å². The van der Waals surface area contributed by atoms with Crippen molar-refractivity contribution in [3.63, 3.8) is 0 Å². The average Bonchev–Trinajstić information content (AvgIpc) is 3.02. The summed E-state index contributed by atoms with van der Waals surface area (Å²) >= 11 is 0. The van der Waals surface area contributed by atoms with E-state index in [0.29, 0.717) is 29.6 Å². The molecular weight excluding hydrogens is 372 g/mol. The van der Waals surface area contributed by atoms with Gasteiger partial charge >= 0.3 is 0 Å². The fraction of sp³-hybridized carbons (Fsp3) is 1.00. The van der Waals surface area contributed by atoms with Gasteiger partial charge in [-0.15, -0.1) is 0 Å². The van der Waals surface area contributed by atoms with Crippen molar-refractivity contribution in [3.05, 3.63) is 0 Å². The fourth-order valence-corrected chi connectivity index (χ4v) is 9.35. The summed E-state index contributed by atoms with van der Waals surface area (Å²) in [6.07, 6.45) is 10.7. The van der Waals surface area contributed by atoms with Crippen LogP contribution in [0, 0.1) is 46.3 Å². The second-order valence-electron chi connectivity index (χ2n) is 12.8. The summed E-state index contributed by atoms with van der Waals surface area (Å²) in [5.41, 5.74) is -1.30. The Hall–Kier alpha value is -0.120. The second kappa shape index (κ2) is 8.03. The minimum absolute atomic E-state index is 0.342. The SMILES string of the molecule is CC(C)CCC[C@@H](C)[C@H]1CC[C@H]2[C@@H]3C[C@@H](O)[C@@]4(O)CCCC(O)[C@]4(C)[C@H]3CC[C@]12C. The summed E-state index contributed by atoms with van der Waals surface area (Å²) < 4.78 is 0. The van der Waals surface area contributed by atoms with Gasteiger partial charge in [-0.25, -0.2) is 0 Å². The van der Waals surface area contributed by atoms with E-state index in [1.54, 1.807) is 0 Å². The second-order valence-corrected chi connectivity index (χ2v) is 12.8. The summed E-state index contributed by atoms with van der Waals surface area (Å²) in [5.74, 6) is 3.79. The molecule has 4 fully saturated rings. The molecule has 4 rings (SSSR count). The lowest BCUT2D eigenvalue weighted by molar-refractivity contribution is -0.282. The first-order valence-electron chi connectivity index (χ1n) is 13.1. The van der Waals surface area contributed by atoms with E-state index in [0.717, 1.165) is 43.4 Å². The molecule has 0 bridgehead atoms. The van der Waals surface area contributed by atoms with Crippen LogP contribution in [-0.4, -0.2) is 33.1 Å². The van der Waals surface area contributed by atoms with Gasteiger partial charge in [0.05, 0.1) is 17.8 Å². The molecule has 1 unspecified atom stereocenters. The van der Waals surface area contributed by atoms with Crippen molar-refractivity contribution in [2.24, 2.45) is 46.3 Å². The lowest BCUT2D eigenvalue weighted by Gasteiger charge is -2.66. The molecule has 174 valence electrons. The summed E-state index contributed by atoms with van der Waals surface area (Å²) in [6.45, 7) is 11.8. The van der Waals surface area contributed by atoms with Crippen LogP contribution in [0.5, 0.6) is 0 Å². The Morgan fingerprint density at radius 3 is 2.30 bits per heavy atom. The first-order valence-corrected chi connectivity index (χ1v) is 13.1. The molecule has 4 aliphatic rings. The summed E-state index contributed by atoms with van der Waals surface area (Å²) in [7, 11) is 0. The Bertz CT molecular complexity index is 619. The highest BCUT2D eigenvalue weighted by Gasteiger charge is 2.69. The van der Waals surface area contributed by atoms with Crippen molar-refractivity contribution in [2.45, 2.75) is 123 Å². The lowest BCUT2D eigenvalue weighted by atomic mass is 9.42. The molecule has 0 radical (unpaired) electrons. The van der Waals surface area contributed by atoms with Gasteiger partial charge < -0.3 is 15.3 Å². The highest BCUT2D eigenvalue weighted by Crippen LogP contribution is 2.69. The first-order chi connectivity index (χ1) is 14.1. The quantitative estimate of drug-likeness (QED) is 0.546. The molecule has 0 spiro atoms. The maximum Gasteiger partial charge on any atom is 0.0986 e. The van der Waals surface area contributed by atoms with Gasteiger partial charge in [0.2, 0.25) is 0 Å². The van der Waals surface area contributed by atoms with E-state index in [4.69, 9.17) is 0 Å². The molecule has 0 heterocycles.